The SMILES string of the molecule is CC[C@]1(C)CCC(=O)c2cc(Cl)ccc21. The summed E-state index contributed by atoms with van der Waals surface area (Å²) >= 11 is 5.93. The summed E-state index contributed by atoms with van der Waals surface area (Å²) < 4.78 is 0. The first-order valence-electron chi connectivity index (χ1n) is 5.40. The summed E-state index contributed by atoms with van der Waals surface area (Å²) in [5.74, 6) is 0.235. The molecule has 15 heavy (non-hydrogen) atoms. The van der Waals surface area contributed by atoms with Crippen LogP contribution in [0.2, 0.25) is 5.02 Å². The fourth-order valence-corrected chi connectivity index (χ4v) is 2.47. The number of benzene rings is 1. The van der Waals surface area contributed by atoms with Crippen molar-refractivity contribution in [1.82, 2.24) is 0 Å². The first-order valence-corrected chi connectivity index (χ1v) is 5.78. The monoisotopic (exact) mass is 222 g/mol. The molecule has 1 aromatic carbocycles. The van der Waals surface area contributed by atoms with Gasteiger partial charge in [-0.05, 0) is 36.0 Å². The predicted molar refractivity (Wildman–Crippen MR) is 62.7 cm³/mol. The molecular weight excluding hydrogens is 208 g/mol. The Kier molecular flexibility index (Phi) is 2.59. The minimum atomic E-state index is 0.147. The Morgan fingerprint density at radius 3 is 2.87 bits per heavy atom. The highest BCUT2D eigenvalue weighted by Crippen LogP contribution is 2.40. The average Bonchev–Trinajstić information content (AvgIpc) is 2.24. The molecule has 80 valence electrons. The molecule has 0 saturated heterocycles. The summed E-state index contributed by atoms with van der Waals surface area (Å²) in [7, 11) is 0. The maximum atomic E-state index is 11.8. The van der Waals surface area contributed by atoms with Crippen LogP contribution in [0.1, 0.15) is 49.0 Å². The van der Waals surface area contributed by atoms with Gasteiger partial charge in [0.1, 0.15) is 0 Å². The number of hydrogen-bond acceptors (Lipinski definition) is 1. The predicted octanol–water partition coefficient (Wildman–Crippen LogP) is 3.98. The Balaban J connectivity index is 2.60. The van der Waals surface area contributed by atoms with Crippen molar-refractivity contribution in [3.8, 4) is 0 Å². The largest absolute Gasteiger partial charge is 0.294 e. The van der Waals surface area contributed by atoms with E-state index in [1.807, 2.05) is 18.2 Å². The van der Waals surface area contributed by atoms with Crippen LogP contribution < -0.4 is 0 Å². The summed E-state index contributed by atoms with van der Waals surface area (Å²) in [5, 5.41) is 0.655. The average molecular weight is 223 g/mol. The molecule has 0 aliphatic heterocycles. The Hall–Kier alpha value is -0.820. The van der Waals surface area contributed by atoms with Crippen LogP contribution in [0.15, 0.2) is 18.2 Å². The zero-order valence-corrected chi connectivity index (χ0v) is 9.90. The van der Waals surface area contributed by atoms with Crippen molar-refractivity contribution in [2.45, 2.75) is 38.5 Å². The van der Waals surface area contributed by atoms with Gasteiger partial charge in [0.25, 0.3) is 0 Å². The Morgan fingerprint density at radius 1 is 1.47 bits per heavy atom. The lowest BCUT2D eigenvalue weighted by Crippen LogP contribution is -2.29. The Bertz CT molecular complexity index is 411. The van der Waals surface area contributed by atoms with Gasteiger partial charge in [0.15, 0.2) is 5.78 Å². The van der Waals surface area contributed by atoms with E-state index in [0.717, 1.165) is 18.4 Å². The van der Waals surface area contributed by atoms with E-state index in [9.17, 15) is 4.79 Å². The van der Waals surface area contributed by atoms with E-state index in [2.05, 4.69) is 13.8 Å². The lowest BCUT2D eigenvalue weighted by molar-refractivity contribution is 0.0953. The van der Waals surface area contributed by atoms with Crippen molar-refractivity contribution >= 4 is 17.4 Å². The van der Waals surface area contributed by atoms with Crippen LogP contribution in [0.25, 0.3) is 0 Å². The van der Waals surface area contributed by atoms with Crippen molar-refractivity contribution in [2.24, 2.45) is 0 Å². The molecule has 1 atom stereocenters. The number of halogens is 1. The number of ketones is 1. The lowest BCUT2D eigenvalue weighted by Gasteiger charge is -2.34. The second kappa shape index (κ2) is 3.64. The molecule has 0 unspecified atom stereocenters. The maximum absolute atomic E-state index is 11.8. The van der Waals surface area contributed by atoms with E-state index in [1.54, 1.807) is 0 Å². The Morgan fingerprint density at radius 2 is 2.20 bits per heavy atom. The van der Waals surface area contributed by atoms with Gasteiger partial charge in [-0.25, -0.2) is 0 Å². The summed E-state index contributed by atoms with van der Waals surface area (Å²) in [6.07, 6.45) is 2.67. The first-order chi connectivity index (χ1) is 7.07. The zero-order valence-electron chi connectivity index (χ0n) is 9.14. The van der Waals surface area contributed by atoms with Gasteiger partial charge < -0.3 is 0 Å². The molecule has 0 N–H and O–H groups in total. The molecular formula is C13H15ClO. The van der Waals surface area contributed by atoms with E-state index in [0.29, 0.717) is 11.4 Å². The van der Waals surface area contributed by atoms with Crippen LogP contribution in [0.5, 0.6) is 0 Å². The normalized spacial score (nSPS) is 25.1. The molecule has 1 nitrogen and oxygen atoms in total. The molecule has 0 radical (unpaired) electrons. The van der Waals surface area contributed by atoms with Gasteiger partial charge in [0, 0.05) is 17.0 Å². The van der Waals surface area contributed by atoms with Crippen LogP contribution in [-0.2, 0) is 5.41 Å². The van der Waals surface area contributed by atoms with Crippen molar-refractivity contribution in [1.29, 1.82) is 0 Å². The summed E-state index contributed by atoms with van der Waals surface area (Å²) in [6.45, 7) is 4.40. The minimum absolute atomic E-state index is 0.147. The highest BCUT2D eigenvalue weighted by Gasteiger charge is 2.33. The summed E-state index contributed by atoms with van der Waals surface area (Å²) in [5.41, 5.74) is 2.15. The molecule has 0 saturated carbocycles. The second-order valence-corrected chi connectivity index (χ2v) is 4.96. The third-order valence-corrected chi connectivity index (χ3v) is 3.85. The standard InChI is InChI=1S/C13H15ClO/c1-3-13(2)7-6-12(15)10-8-9(14)4-5-11(10)13/h4-5,8H,3,6-7H2,1-2H3/t13-/m1/s1. The van der Waals surface area contributed by atoms with E-state index < -0.39 is 0 Å². The topological polar surface area (TPSA) is 17.1 Å². The summed E-state index contributed by atoms with van der Waals surface area (Å²) in [4.78, 5) is 11.8. The fourth-order valence-electron chi connectivity index (χ4n) is 2.30. The number of carbonyl (C=O) groups is 1. The van der Waals surface area contributed by atoms with Gasteiger partial charge >= 0.3 is 0 Å². The number of rotatable bonds is 1. The van der Waals surface area contributed by atoms with E-state index >= 15 is 0 Å². The molecule has 1 aliphatic carbocycles. The van der Waals surface area contributed by atoms with Crippen LogP contribution in [0, 0.1) is 0 Å². The molecule has 0 bridgehead atoms. The van der Waals surface area contributed by atoms with Crippen molar-refractivity contribution < 1.29 is 4.79 Å². The van der Waals surface area contributed by atoms with Gasteiger partial charge in [-0.2, -0.15) is 0 Å². The van der Waals surface area contributed by atoms with Crippen molar-refractivity contribution in [3.63, 3.8) is 0 Å². The number of Topliss-reactive ketones (excluding diaryl/α,β-unsaturated/α-hetero) is 1. The third-order valence-electron chi connectivity index (χ3n) is 3.62. The lowest BCUT2D eigenvalue weighted by atomic mass is 9.69. The minimum Gasteiger partial charge on any atom is -0.294 e. The van der Waals surface area contributed by atoms with Crippen LogP contribution in [0.4, 0.5) is 0 Å². The van der Waals surface area contributed by atoms with Crippen LogP contribution in [-0.4, -0.2) is 5.78 Å². The molecule has 0 aromatic heterocycles. The number of fused-ring (bicyclic) bond motifs is 1. The molecule has 0 fully saturated rings. The van der Waals surface area contributed by atoms with Crippen molar-refractivity contribution in [2.75, 3.05) is 0 Å². The van der Waals surface area contributed by atoms with Gasteiger partial charge in [-0.1, -0.05) is 31.5 Å². The zero-order chi connectivity index (χ0) is 11.1. The third kappa shape index (κ3) is 1.69. The highest BCUT2D eigenvalue weighted by molar-refractivity contribution is 6.31. The quantitative estimate of drug-likeness (QED) is 0.703. The van der Waals surface area contributed by atoms with Gasteiger partial charge in [0.2, 0.25) is 0 Å². The smallest absolute Gasteiger partial charge is 0.163 e. The molecule has 0 heterocycles. The molecule has 0 amide bonds. The van der Waals surface area contributed by atoms with Gasteiger partial charge in [0.05, 0.1) is 0 Å². The van der Waals surface area contributed by atoms with Gasteiger partial charge in [-0.15, -0.1) is 0 Å². The first kappa shape index (κ1) is 10.7. The molecule has 2 rings (SSSR count). The van der Waals surface area contributed by atoms with E-state index in [4.69, 9.17) is 11.6 Å². The number of hydrogen-bond donors (Lipinski definition) is 0. The number of carbonyl (C=O) groups excluding carboxylic acids is 1. The molecule has 1 aliphatic rings. The highest BCUT2D eigenvalue weighted by atomic mass is 35.5. The Labute approximate surface area is 95.4 Å². The molecule has 2 heteroatoms. The van der Waals surface area contributed by atoms with E-state index in [-0.39, 0.29) is 11.2 Å². The van der Waals surface area contributed by atoms with Crippen molar-refractivity contribution in [3.05, 3.63) is 34.3 Å². The summed E-state index contributed by atoms with van der Waals surface area (Å²) in [6, 6.07) is 5.71. The van der Waals surface area contributed by atoms with Crippen LogP contribution in [0.3, 0.4) is 0 Å². The van der Waals surface area contributed by atoms with Gasteiger partial charge in [-0.3, -0.25) is 4.79 Å². The van der Waals surface area contributed by atoms with Crippen LogP contribution >= 0.6 is 11.6 Å². The van der Waals surface area contributed by atoms with E-state index in [1.165, 1.54) is 5.56 Å². The maximum Gasteiger partial charge on any atom is 0.163 e. The molecule has 1 aromatic rings. The fraction of sp³-hybridized carbons (Fsp3) is 0.462. The molecule has 0 spiro atoms. The second-order valence-electron chi connectivity index (χ2n) is 4.53.